The molecule has 0 aromatic rings. The van der Waals surface area contributed by atoms with Crippen molar-refractivity contribution in [2.45, 2.75) is 206 Å². The first-order valence-corrected chi connectivity index (χ1v) is 21.9. The molecule has 0 saturated heterocycles. The van der Waals surface area contributed by atoms with Crippen molar-refractivity contribution in [3.8, 4) is 0 Å². The topological polar surface area (TPSA) is 105 Å². The van der Waals surface area contributed by atoms with Gasteiger partial charge in [-0.1, -0.05) is 174 Å². The average Bonchev–Trinajstić information content (AvgIpc) is 3.02. The molecule has 0 aliphatic rings. The number of aliphatic hydroxyl groups excluding tert-OH is 1. The second-order valence-electron chi connectivity index (χ2n) is 15.4. The van der Waals surface area contributed by atoms with E-state index in [1.165, 1.54) is 128 Å². The first kappa shape index (κ1) is 47.5. The van der Waals surface area contributed by atoms with Gasteiger partial charge in [-0.05, 0) is 12.8 Å². The third-order valence-electron chi connectivity index (χ3n) is 9.36. The molecule has 0 aliphatic carbocycles. The zero-order valence-corrected chi connectivity index (χ0v) is 33.4. The Balaban J connectivity index is 4.37. The van der Waals surface area contributed by atoms with E-state index in [9.17, 15) is 19.4 Å². The number of hydrogen-bond acceptors (Lipinski definition) is 5. The predicted molar refractivity (Wildman–Crippen MR) is 203 cm³/mol. The fraction of sp³-hybridized carbons (Fsp3) is 0.974. The minimum absolute atomic E-state index is 0.0782. The normalized spacial score (nSPS) is 14.6. The third-order valence-corrected chi connectivity index (χ3v) is 10.3. The summed E-state index contributed by atoms with van der Waals surface area (Å²) >= 11 is 0. The second kappa shape index (κ2) is 32.4. The van der Waals surface area contributed by atoms with E-state index in [0.29, 0.717) is 23.9 Å². The summed E-state index contributed by atoms with van der Waals surface area (Å²) in [5.41, 5.74) is 0. The van der Waals surface area contributed by atoms with Gasteiger partial charge in [-0.3, -0.25) is 13.8 Å². The van der Waals surface area contributed by atoms with Gasteiger partial charge < -0.3 is 19.8 Å². The highest BCUT2D eigenvalue weighted by Crippen LogP contribution is 2.43. The summed E-state index contributed by atoms with van der Waals surface area (Å²) in [7, 11) is 1.62. The maximum Gasteiger partial charge on any atom is 0.472 e. The van der Waals surface area contributed by atoms with Gasteiger partial charge in [0.15, 0.2) is 0 Å². The highest BCUT2D eigenvalue weighted by Gasteiger charge is 2.28. The Morgan fingerprint density at radius 1 is 0.625 bits per heavy atom. The molecular weight excluding hydrogens is 623 g/mol. The molecule has 0 aliphatic heterocycles. The monoisotopic (exact) mass is 706 g/mol. The van der Waals surface area contributed by atoms with Crippen LogP contribution in [0.5, 0.6) is 0 Å². The van der Waals surface area contributed by atoms with Gasteiger partial charge in [0.05, 0.1) is 39.9 Å². The van der Waals surface area contributed by atoms with Gasteiger partial charge in [0.25, 0.3) is 0 Å². The first-order valence-electron chi connectivity index (χ1n) is 20.4. The smallest absolute Gasteiger partial charge is 0.391 e. The molecule has 0 radical (unpaired) electrons. The third kappa shape index (κ3) is 34.0. The molecule has 0 fully saturated rings. The number of nitrogens with zero attached hydrogens (tertiary/aromatic N) is 1. The molecule has 0 aromatic carbocycles. The van der Waals surface area contributed by atoms with Crippen LogP contribution in [0.1, 0.15) is 194 Å². The van der Waals surface area contributed by atoms with Gasteiger partial charge in [0.2, 0.25) is 5.91 Å². The average molecular weight is 706 g/mol. The number of carbonyl (C=O) groups is 1. The number of amides is 1. The lowest BCUT2D eigenvalue weighted by Crippen LogP contribution is -2.46. The van der Waals surface area contributed by atoms with Crippen LogP contribution in [0.4, 0.5) is 0 Å². The minimum Gasteiger partial charge on any atom is -0.391 e. The Hall–Kier alpha value is -0.500. The van der Waals surface area contributed by atoms with Crippen LogP contribution in [0.3, 0.4) is 0 Å². The van der Waals surface area contributed by atoms with E-state index in [1.54, 1.807) is 0 Å². The largest absolute Gasteiger partial charge is 0.472 e. The van der Waals surface area contributed by atoms with Crippen LogP contribution in [-0.4, -0.2) is 73.4 Å². The van der Waals surface area contributed by atoms with Crippen molar-refractivity contribution in [2.24, 2.45) is 0 Å². The Kier molecular flexibility index (Phi) is 32.1. The van der Waals surface area contributed by atoms with Gasteiger partial charge in [0.1, 0.15) is 13.2 Å². The van der Waals surface area contributed by atoms with Crippen molar-refractivity contribution in [3.05, 3.63) is 0 Å². The number of quaternary nitrogens is 1. The van der Waals surface area contributed by atoms with E-state index in [1.807, 2.05) is 21.1 Å². The highest BCUT2D eigenvalue weighted by atomic mass is 31.2. The number of aliphatic hydroxyl groups is 1. The Bertz CT molecular complexity index is 763. The SMILES string of the molecule is CCCCCCCCCCCCCCCCCCC(O)C(COP(=O)(O)OCC[N+](C)(C)C)NC(=O)CCCCCCCCCCCC. The van der Waals surface area contributed by atoms with E-state index in [-0.39, 0.29) is 19.1 Å². The molecule has 48 heavy (non-hydrogen) atoms. The molecule has 0 spiro atoms. The summed E-state index contributed by atoms with van der Waals surface area (Å²) in [4.78, 5) is 23.0. The van der Waals surface area contributed by atoms with Crippen LogP contribution < -0.4 is 5.32 Å². The minimum atomic E-state index is -4.30. The van der Waals surface area contributed by atoms with Gasteiger partial charge in [-0.25, -0.2) is 4.57 Å². The molecule has 0 aromatic heterocycles. The Labute approximate surface area is 298 Å². The van der Waals surface area contributed by atoms with Gasteiger partial charge >= 0.3 is 7.82 Å². The summed E-state index contributed by atoms with van der Waals surface area (Å²) in [6.45, 7) is 4.88. The second-order valence-corrected chi connectivity index (χ2v) is 16.8. The quantitative estimate of drug-likeness (QED) is 0.0338. The Morgan fingerprint density at radius 3 is 1.40 bits per heavy atom. The molecule has 3 unspecified atom stereocenters. The molecular formula is C39H82N2O6P+. The van der Waals surface area contributed by atoms with Crippen molar-refractivity contribution in [3.63, 3.8) is 0 Å². The fourth-order valence-electron chi connectivity index (χ4n) is 6.05. The lowest BCUT2D eigenvalue weighted by Gasteiger charge is -2.26. The molecule has 3 atom stereocenters. The number of rotatable bonds is 37. The molecule has 288 valence electrons. The molecule has 3 N–H and O–H groups in total. The van der Waals surface area contributed by atoms with Crippen molar-refractivity contribution in [1.82, 2.24) is 5.32 Å². The van der Waals surface area contributed by atoms with Crippen LogP contribution in [0, 0.1) is 0 Å². The molecule has 9 heteroatoms. The predicted octanol–water partition coefficient (Wildman–Crippen LogP) is 10.6. The maximum absolute atomic E-state index is 12.8. The number of unbranched alkanes of at least 4 members (excludes halogenated alkanes) is 24. The van der Waals surface area contributed by atoms with Crippen LogP contribution in [-0.2, 0) is 18.4 Å². The van der Waals surface area contributed by atoms with E-state index < -0.39 is 20.0 Å². The summed E-state index contributed by atoms with van der Waals surface area (Å²) in [6.07, 6.45) is 32.6. The van der Waals surface area contributed by atoms with Crippen LogP contribution in [0.2, 0.25) is 0 Å². The number of likely N-dealkylation sites (N-methyl/N-ethyl adjacent to an activating group) is 1. The number of carbonyl (C=O) groups excluding carboxylic acids is 1. The van der Waals surface area contributed by atoms with Crippen LogP contribution >= 0.6 is 7.82 Å². The molecule has 8 nitrogen and oxygen atoms in total. The van der Waals surface area contributed by atoms with Crippen LogP contribution in [0.15, 0.2) is 0 Å². The van der Waals surface area contributed by atoms with Gasteiger partial charge in [-0.2, -0.15) is 0 Å². The zero-order chi connectivity index (χ0) is 35.8. The summed E-state index contributed by atoms with van der Waals surface area (Å²) in [5, 5.41) is 13.9. The summed E-state index contributed by atoms with van der Waals surface area (Å²) in [5.74, 6) is -0.145. The lowest BCUT2D eigenvalue weighted by molar-refractivity contribution is -0.870. The van der Waals surface area contributed by atoms with E-state index in [2.05, 4.69) is 19.2 Å². The van der Waals surface area contributed by atoms with Gasteiger partial charge in [0, 0.05) is 6.42 Å². The summed E-state index contributed by atoms with van der Waals surface area (Å²) in [6, 6.07) is -0.751. The molecule has 0 heterocycles. The highest BCUT2D eigenvalue weighted by molar-refractivity contribution is 7.47. The van der Waals surface area contributed by atoms with Crippen molar-refractivity contribution >= 4 is 13.7 Å². The number of phosphoric ester groups is 1. The van der Waals surface area contributed by atoms with Crippen molar-refractivity contribution < 1.29 is 32.9 Å². The number of phosphoric acid groups is 1. The molecule has 0 rings (SSSR count). The van der Waals surface area contributed by atoms with E-state index in [4.69, 9.17) is 9.05 Å². The van der Waals surface area contributed by atoms with Crippen molar-refractivity contribution in [2.75, 3.05) is 40.9 Å². The Morgan fingerprint density at radius 2 is 1.00 bits per heavy atom. The standard InChI is InChI=1S/C39H81N2O6P/c1-6-8-10-12-14-16-18-19-20-21-22-23-24-26-28-30-32-38(42)37(36-47-48(44,45)46-35-34-41(3,4)5)40-39(43)33-31-29-27-25-17-15-13-11-9-7-2/h37-38,42H,6-36H2,1-5H3,(H-,40,43,44,45)/p+1. The molecule has 0 saturated carbocycles. The van der Waals surface area contributed by atoms with E-state index in [0.717, 1.165) is 38.5 Å². The van der Waals surface area contributed by atoms with Gasteiger partial charge in [-0.15, -0.1) is 0 Å². The van der Waals surface area contributed by atoms with Crippen LogP contribution in [0.25, 0.3) is 0 Å². The summed E-state index contributed by atoms with van der Waals surface area (Å²) < 4.78 is 23.5. The van der Waals surface area contributed by atoms with E-state index >= 15 is 0 Å². The molecule has 0 bridgehead atoms. The lowest BCUT2D eigenvalue weighted by atomic mass is 10.0. The number of nitrogens with one attached hydrogen (secondary N) is 1. The van der Waals surface area contributed by atoms with Crippen molar-refractivity contribution in [1.29, 1.82) is 0 Å². The molecule has 1 amide bonds. The first-order chi connectivity index (χ1) is 23.0. The number of hydrogen-bond donors (Lipinski definition) is 3. The fourth-order valence-corrected chi connectivity index (χ4v) is 6.78. The maximum atomic E-state index is 12.8. The zero-order valence-electron chi connectivity index (χ0n) is 32.5.